The normalized spacial score (nSPS) is 23.1. The molecule has 196 valence electrons. The quantitative estimate of drug-likeness (QED) is 0.211. The minimum absolute atomic E-state index is 0.284. The van der Waals surface area contributed by atoms with Crippen molar-refractivity contribution in [1.82, 2.24) is 0 Å². The monoisotopic (exact) mass is 513 g/mol. The fourth-order valence-electron chi connectivity index (χ4n) is 3.41. The standard InChI is InChI=1S/C20H23N3O13/c1-9(24)32-8-16-18(33-10(2)25)19(34-11(3)26)17(20(36-16)35-12(4)27)21-14-6-5-13(22(28)29)7-15(14)23(30)31/h5-7,16-21H,8H2,1-4H3/t16-,17-,18-,19-,20?/m1/s1. The maximum atomic E-state index is 11.9. The van der Waals surface area contributed by atoms with Gasteiger partial charge in [-0.25, -0.2) is 0 Å². The van der Waals surface area contributed by atoms with Gasteiger partial charge in [-0.2, -0.15) is 0 Å². The average Bonchev–Trinajstić information content (AvgIpc) is 2.75. The fraction of sp³-hybridized carbons (Fsp3) is 0.500. The molecule has 1 saturated heterocycles. The van der Waals surface area contributed by atoms with Gasteiger partial charge in [-0.1, -0.05) is 0 Å². The van der Waals surface area contributed by atoms with Crippen molar-refractivity contribution in [2.24, 2.45) is 0 Å². The second-order valence-corrected chi connectivity index (χ2v) is 7.49. The number of nitro benzene ring substituents is 2. The number of carbonyl (C=O) groups excluding carboxylic acids is 4. The Labute approximate surface area is 203 Å². The number of nitro groups is 2. The van der Waals surface area contributed by atoms with Crippen molar-refractivity contribution in [2.45, 2.75) is 58.3 Å². The van der Waals surface area contributed by atoms with E-state index in [4.69, 9.17) is 23.7 Å². The molecule has 0 spiro atoms. The number of nitrogens with zero attached hydrogens (tertiary/aromatic N) is 2. The molecule has 0 radical (unpaired) electrons. The molecule has 1 aliphatic heterocycles. The topological polar surface area (TPSA) is 213 Å². The van der Waals surface area contributed by atoms with E-state index in [0.29, 0.717) is 6.07 Å². The maximum Gasteiger partial charge on any atom is 0.305 e. The Morgan fingerprint density at radius 3 is 1.97 bits per heavy atom. The van der Waals surface area contributed by atoms with E-state index in [1.165, 1.54) is 0 Å². The molecule has 0 bridgehead atoms. The van der Waals surface area contributed by atoms with E-state index in [0.717, 1.165) is 39.8 Å². The van der Waals surface area contributed by atoms with E-state index in [-0.39, 0.29) is 5.69 Å². The van der Waals surface area contributed by atoms with Crippen LogP contribution in [0.5, 0.6) is 0 Å². The molecule has 0 amide bonds. The van der Waals surface area contributed by atoms with Crippen LogP contribution in [0.25, 0.3) is 0 Å². The molecule has 1 N–H and O–H groups in total. The van der Waals surface area contributed by atoms with Crippen LogP contribution in [0.3, 0.4) is 0 Å². The van der Waals surface area contributed by atoms with Crippen molar-refractivity contribution in [3.63, 3.8) is 0 Å². The zero-order valence-corrected chi connectivity index (χ0v) is 19.5. The average molecular weight is 513 g/mol. The number of hydrogen-bond donors (Lipinski definition) is 1. The van der Waals surface area contributed by atoms with Crippen molar-refractivity contribution < 1.29 is 52.7 Å². The Morgan fingerprint density at radius 1 is 0.889 bits per heavy atom. The lowest BCUT2D eigenvalue weighted by atomic mass is 9.95. The first kappa shape index (κ1) is 27.9. The molecule has 1 aliphatic rings. The highest BCUT2D eigenvalue weighted by Gasteiger charge is 2.52. The minimum atomic E-state index is -1.60. The maximum absolute atomic E-state index is 11.9. The molecule has 1 aromatic rings. The van der Waals surface area contributed by atoms with Gasteiger partial charge < -0.3 is 29.0 Å². The van der Waals surface area contributed by atoms with Gasteiger partial charge in [0.2, 0.25) is 6.29 Å². The molecule has 2 rings (SSSR count). The van der Waals surface area contributed by atoms with Gasteiger partial charge in [-0.3, -0.25) is 39.4 Å². The minimum Gasteiger partial charge on any atom is -0.463 e. The van der Waals surface area contributed by atoms with E-state index >= 15 is 0 Å². The molecular weight excluding hydrogens is 490 g/mol. The molecule has 5 atom stereocenters. The second-order valence-electron chi connectivity index (χ2n) is 7.49. The van der Waals surface area contributed by atoms with Gasteiger partial charge in [-0.15, -0.1) is 0 Å². The summed E-state index contributed by atoms with van der Waals surface area (Å²) in [5.74, 6) is -3.27. The third-order valence-electron chi connectivity index (χ3n) is 4.69. The number of anilines is 1. The van der Waals surface area contributed by atoms with Crippen molar-refractivity contribution >= 4 is 40.9 Å². The highest BCUT2D eigenvalue weighted by Crippen LogP contribution is 2.34. The van der Waals surface area contributed by atoms with Crippen LogP contribution in [0.4, 0.5) is 17.1 Å². The van der Waals surface area contributed by atoms with Gasteiger partial charge in [0.25, 0.3) is 11.4 Å². The smallest absolute Gasteiger partial charge is 0.305 e. The van der Waals surface area contributed by atoms with Crippen LogP contribution in [0.1, 0.15) is 27.7 Å². The first-order valence-corrected chi connectivity index (χ1v) is 10.3. The number of nitrogens with one attached hydrogen (secondary N) is 1. The second kappa shape index (κ2) is 11.9. The summed E-state index contributed by atoms with van der Waals surface area (Å²) in [7, 11) is 0. The predicted octanol–water partition coefficient (Wildman–Crippen LogP) is 0.998. The zero-order valence-electron chi connectivity index (χ0n) is 19.5. The van der Waals surface area contributed by atoms with Gasteiger partial charge in [0.1, 0.15) is 24.4 Å². The largest absolute Gasteiger partial charge is 0.463 e. The van der Waals surface area contributed by atoms with Gasteiger partial charge >= 0.3 is 23.9 Å². The number of non-ortho nitro benzene ring substituents is 1. The molecule has 0 aliphatic carbocycles. The third-order valence-corrected chi connectivity index (χ3v) is 4.69. The zero-order chi connectivity index (χ0) is 27.2. The molecule has 16 nitrogen and oxygen atoms in total. The molecule has 1 fully saturated rings. The Kier molecular flexibility index (Phi) is 9.20. The number of rotatable bonds is 9. The van der Waals surface area contributed by atoms with Crippen LogP contribution >= 0.6 is 0 Å². The van der Waals surface area contributed by atoms with Crippen molar-refractivity contribution in [3.05, 3.63) is 38.4 Å². The Hall–Kier alpha value is -4.34. The lowest BCUT2D eigenvalue weighted by Gasteiger charge is -2.44. The molecule has 1 heterocycles. The SMILES string of the molecule is CC(=O)OC[C@H]1OC(OC(C)=O)[C@H](Nc2ccc([N+](=O)[O-])cc2[N+](=O)[O-])[C@@H](OC(C)=O)[C@@H]1OC(C)=O. The van der Waals surface area contributed by atoms with Crippen molar-refractivity contribution in [2.75, 3.05) is 11.9 Å². The fourth-order valence-corrected chi connectivity index (χ4v) is 3.41. The van der Waals surface area contributed by atoms with Gasteiger partial charge in [-0.05, 0) is 6.07 Å². The van der Waals surface area contributed by atoms with Crippen LogP contribution in [-0.2, 0) is 42.9 Å². The summed E-state index contributed by atoms with van der Waals surface area (Å²) in [6.07, 6.45) is -5.79. The molecule has 0 saturated carbocycles. The van der Waals surface area contributed by atoms with Crippen LogP contribution in [0.15, 0.2) is 18.2 Å². The summed E-state index contributed by atoms with van der Waals surface area (Å²) in [4.78, 5) is 67.8. The predicted molar refractivity (Wildman–Crippen MR) is 115 cm³/mol. The first-order chi connectivity index (χ1) is 16.8. The molecule has 1 unspecified atom stereocenters. The Morgan fingerprint density at radius 2 is 1.47 bits per heavy atom. The molecular formula is C20H23N3O13. The van der Waals surface area contributed by atoms with Crippen LogP contribution in [0, 0.1) is 20.2 Å². The highest BCUT2D eigenvalue weighted by atomic mass is 16.7. The lowest BCUT2D eigenvalue weighted by Crippen LogP contribution is -2.64. The Bertz CT molecular complexity index is 1060. The summed E-state index contributed by atoms with van der Waals surface area (Å²) in [6.45, 7) is 3.74. The molecule has 0 aromatic heterocycles. The van der Waals surface area contributed by atoms with Crippen LogP contribution in [-0.4, -0.2) is 71.0 Å². The van der Waals surface area contributed by atoms with E-state index in [9.17, 15) is 39.4 Å². The van der Waals surface area contributed by atoms with E-state index in [1.807, 2.05) is 0 Å². The highest BCUT2D eigenvalue weighted by molar-refractivity contribution is 5.69. The van der Waals surface area contributed by atoms with Crippen molar-refractivity contribution in [1.29, 1.82) is 0 Å². The number of esters is 4. The summed E-state index contributed by atoms with van der Waals surface area (Å²) in [5, 5.41) is 25.3. The third kappa shape index (κ3) is 7.33. The van der Waals surface area contributed by atoms with E-state index in [1.54, 1.807) is 0 Å². The first-order valence-electron chi connectivity index (χ1n) is 10.3. The number of ether oxygens (including phenoxy) is 5. The molecule has 16 heteroatoms. The number of hydrogen-bond acceptors (Lipinski definition) is 14. The van der Waals surface area contributed by atoms with Crippen LogP contribution in [0.2, 0.25) is 0 Å². The Balaban J connectivity index is 2.60. The number of benzene rings is 1. The molecule has 1 aromatic carbocycles. The summed E-state index contributed by atoms with van der Waals surface area (Å²) in [6, 6.07) is 1.28. The summed E-state index contributed by atoms with van der Waals surface area (Å²) in [5.41, 5.74) is -1.58. The van der Waals surface area contributed by atoms with Gasteiger partial charge in [0.15, 0.2) is 12.2 Å². The summed E-state index contributed by atoms with van der Waals surface area (Å²) < 4.78 is 26.4. The van der Waals surface area contributed by atoms with Gasteiger partial charge in [0.05, 0.1) is 15.9 Å². The molecule has 36 heavy (non-hydrogen) atoms. The van der Waals surface area contributed by atoms with E-state index in [2.05, 4.69) is 5.32 Å². The van der Waals surface area contributed by atoms with Crippen molar-refractivity contribution in [3.8, 4) is 0 Å². The van der Waals surface area contributed by atoms with Crippen LogP contribution < -0.4 is 5.32 Å². The van der Waals surface area contributed by atoms with E-state index < -0.39 is 82.3 Å². The lowest BCUT2D eigenvalue weighted by molar-refractivity contribution is -0.393. The number of carbonyl (C=O) groups is 4. The summed E-state index contributed by atoms with van der Waals surface area (Å²) >= 11 is 0. The van der Waals surface area contributed by atoms with Gasteiger partial charge in [0, 0.05) is 33.8 Å².